The third kappa shape index (κ3) is 3.54. The molecule has 0 saturated carbocycles. The molecule has 26 heavy (non-hydrogen) atoms. The molecule has 1 amide bonds. The van der Waals surface area contributed by atoms with Gasteiger partial charge >= 0.3 is 0 Å². The lowest BCUT2D eigenvalue weighted by Crippen LogP contribution is -2.32. The fourth-order valence-electron chi connectivity index (χ4n) is 3.06. The van der Waals surface area contributed by atoms with E-state index in [0.29, 0.717) is 18.2 Å². The Morgan fingerprint density at radius 1 is 1.00 bits per heavy atom. The van der Waals surface area contributed by atoms with E-state index in [1.807, 2.05) is 24.3 Å². The van der Waals surface area contributed by atoms with Crippen molar-refractivity contribution in [3.63, 3.8) is 0 Å². The van der Waals surface area contributed by atoms with Gasteiger partial charge in [-0.1, -0.05) is 30.3 Å². The Morgan fingerprint density at radius 3 is 2.69 bits per heavy atom. The minimum atomic E-state index is -0.225. The summed E-state index contributed by atoms with van der Waals surface area (Å²) in [5.74, 6) is 0.363. The van der Waals surface area contributed by atoms with E-state index in [1.54, 1.807) is 18.5 Å². The van der Waals surface area contributed by atoms with Crippen LogP contribution in [0.3, 0.4) is 0 Å². The summed E-state index contributed by atoms with van der Waals surface area (Å²) in [6.07, 6.45) is 4.30. The zero-order chi connectivity index (χ0) is 17.8. The van der Waals surface area contributed by atoms with E-state index in [2.05, 4.69) is 43.4 Å². The molecule has 0 atom stereocenters. The zero-order valence-electron chi connectivity index (χ0n) is 14.3. The topological polar surface area (TPSA) is 71.0 Å². The molecule has 6 nitrogen and oxygen atoms in total. The van der Waals surface area contributed by atoms with Crippen LogP contribution >= 0.6 is 0 Å². The molecule has 1 aliphatic heterocycles. The van der Waals surface area contributed by atoms with Gasteiger partial charge in [-0.25, -0.2) is 9.97 Å². The molecule has 3 aromatic rings. The van der Waals surface area contributed by atoms with Crippen molar-refractivity contribution < 1.29 is 4.79 Å². The number of anilines is 1. The van der Waals surface area contributed by atoms with E-state index in [0.717, 1.165) is 25.2 Å². The van der Waals surface area contributed by atoms with Gasteiger partial charge in [0.1, 0.15) is 5.69 Å². The van der Waals surface area contributed by atoms with Gasteiger partial charge in [0.15, 0.2) is 0 Å². The largest absolute Gasteiger partial charge is 0.345 e. The van der Waals surface area contributed by atoms with E-state index in [1.165, 1.54) is 11.1 Å². The fraction of sp³-hybridized carbons (Fsp3) is 0.200. The maximum atomic E-state index is 12.4. The molecule has 1 aromatic carbocycles. The van der Waals surface area contributed by atoms with Crippen LogP contribution in [0.25, 0.3) is 0 Å². The molecule has 0 spiro atoms. The van der Waals surface area contributed by atoms with Gasteiger partial charge < -0.3 is 10.2 Å². The van der Waals surface area contributed by atoms with Crippen molar-refractivity contribution >= 4 is 11.9 Å². The van der Waals surface area contributed by atoms with Crippen LogP contribution in [-0.4, -0.2) is 27.4 Å². The number of amides is 1. The molecule has 0 radical (unpaired) electrons. The Bertz CT molecular complexity index is 913. The minimum Gasteiger partial charge on any atom is -0.345 e. The maximum absolute atomic E-state index is 12.4. The molecule has 1 N–H and O–H groups in total. The van der Waals surface area contributed by atoms with E-state index >= 15 is 0 Å². The van der Waals surface area contributed by atoms with Crippen LogP contribution in [0.5, 0.6) is 0 Å². The second-order valence-corrected chi connectivity index (χ2v) is 6.19. The molecule has 0 bridgehead atoms. The number of rotatable bonds is 4. The van der Waals surface area contributed by atoms with Gasteiger partial charge in [0.05, 0.1) is 12.2 Å². The average Bonchev–Trinajstić information content (AvgIpc) is 2.72. The third-order valence-electron chi connectivity index (χ3n) is 4.45. The standard InChI is InChI=1S/C20H19N5O/c26-19(23-13-17-7-3-4-10-21-17)18-8-11-22-20(24-18)25-12-9-15-5-1-2-6-16(15)14-25/h1-8,10-11H,9,12-14H2,(H,23,26). The number of hydrogen-bond acceptors (Lipinski definition) is 5. The van der Waals surface area contributed by atoms with Crippen molar-refractivity contribution in [1.82, 2.24) is 20.3 Å². The number of pyridine rings is 1. The molecule has 130 valence electrons. The summed E-state index contributed by atoms with van der Waals surface area (Å²) in [5.41, 5.74) is 3.83. The van der Waals surface area contributed by atoms with Gasteiger partial charge in [0, 0.05) is 25.5 Å². The lowest BCUT2D eigenvalue weighted by molar-refractivity contribution is 0.0945. The molecule has 6 heteroatoms. The van der Waals surface area contributed by atoms with Crippen LogP contribution in [-0.2, 0) is 19.5 Å². The number of carbonyl (C=O) groups excluding carboxylic acids is 1. The van der Waals surface area contributed by atoms with Gasteiger partial charge in [-0.3, -0.25) is 9.78 Å². The molecule has 0 fully saturated rings. The molecule has 0 aliphatic carbocycles. The molecular weight excluding hydrogens is 326 g/mol. The highest BCUT2D eigenvalue weighted by molar-refractivity contribution is 5.92. The summed E-state index contributed by atoms with van der Waals surface area (Å²) >= 11 is 0. The Labute approximate surface area is 151 Å². The summed E-state index contributed by atoms with van der Waals surface area (Å²) < 4.78 is 0. The highest BCUT2D eigenvalue weighted by atomic mass is 16.1. The Balaban J connectivity index is 1.46. The molecule has 0 saturated heterocycles. The first-order chi connectivity index (χ1) is 12.8. The first kappa shape index (κ1) is 16.2. The second-order valence-electron chi connectivity index (χ2n) is 6.19. The molecule has 3 heterocycles. The summed E-state index contributed by atoms with van der Waals surface area (Å²) in [5, 5.41) is 2.85. The van der Waals surface area contributed by atoms with Crippen LogP contribution in [0.4, 0.5) is 5.95 Å². The number of nitrogens with one attached hydrogen (secondary N) is 1. The Morgan fingerprint density at radius 2 is 1.85 bits per heavy atom. The summed E-state index contributed by atoms with van der Waals surface area (Å²) in [7, 11) is 0. The average molecular weight is 345 g/mol. The number of fused-ring (bicyclic) bond motifs is 1. The van der Waals surface area contributed by atoms with Gasteiger partial charge in [-0.2, -0.15) is 0 Å². The Hall–Kier alpha value is -3.28. The molecule has 1 aliphatic rings. The van der Waals surface area contributed by atoms with Crippen LogP contribution in [0.2, 0.25) is 0 Å². The van der Waals surface area contributed by atoms with Crippen molar-refractivity contribution in [1.29, 1.82) is 0 Å². The normalized spacial score (nSPS) is 13.2. The second kappa shape index (κ2) is 7.31. The van der Waals surface area contributed by atoms with Crippen LogP contribution in [0.15, 0.2) is 60.9 Å². The van der Waals surface area contributed by atoms with Gasteiger partial charge in [-0.05, 0) is 35.7 Å². The van der Waals surface area contributed by atoms with E-state index in [9.17, 15) is 4.79 Å². The molecule has 2 aromatic heterocycles. The highest BCUT2D eigenvalue weighted by Gasteiger charge is 2.19. The van der Waals surface area contributed by atoms with Crippen LogP contribution in [0.1, 0.15) is 27.3 Å². The molecule has 4 rings (SSSR count). The summed E-state index contributed by atoms with van der Waals surface area (Å²) in [6, 6.07) is 15.7. The minimum absolute atomic E-state index is 0.225. The zero-order valence-corrected chi connectivity index (χ0v) is 14.3. The Kier molecular flexibility index (Phi) is 4.55. The number of aromatic nitrogens is 3. The number of carbonyl (C=O) groups is 1. The van der Waals surface area contributed by atoms with Crippen molar-refractivity contribution in [2.45, 2.75) is 19.5 Å². The molecule has 0 unspecified atom stereocenters. The maximum Gasteiger partial charge on any atom is 0.270 e. The van der Waals surface area contributed by atoms with E-state index in [4.69, 9.17) is 0 Å². The van der Waals surface area contributed by atoms with Crippen LogP contribution in [0, 0.1) is 0 Å². The first-order valence-electron chi connectivity index (χ1n) is 8.62. The van der Waals surface area contributed by atoms with Crippen molar-refractivity contribution in [3.05, 3.63) is 83.4 Å². The number of hydrogen-bond donors (Lipinski definition) is 1. The lowest BCUT2D eigenvalue weighted by Gasteiger charge is -2.28. The summed E-state index contributed by atoms with van der Waals surface area (Å²) in [4.78, 5) is 27.5. The van der Waals surface area contributed by atoms with Crippen molar-refractivity contribution in [2.24, 2.45) is 0 Å². The lowest BCUT2D eigenvalue weighted by atomic mass is 10.0. The smallest absolute Gasteiger partial charge is 0.270 e. The number of nitrogens with zero attached hydrogens (tertiary/aromatic N) is 4. The first-order valence-corrected chi connectivity index (χ1v) is 8.62. The highest BCUT2D eigenvalue weighted by Crippen LogP contribution is 2.21. The van der Waals surface area contributed by atoms with Crippen molar-refractivity contribution in [3.8, 4) is 0 Å². The summed E-state index contributed by atoms with van der Waals surface area (Å²) in [6.45, 7) is 1.97. The van der Waals surface area contributed by atoms with Crippen molar-refractivity contribution in [2.75, 3.05) is 11.4 Å². The van der Waals surface area contributed by atoms with Gasteiger partial charge in [0.25, 0.3) is 5.91 Å². The predicted octanol–water partition coefficient (Wildman–Crippen LogP) is 2.36. The van der Waals surface area contributed by atoms with E-state index < -0.39 is 0 Å². The number of benzene rings is 1. The predicted molar refractivity (Wildman–Crippen MR) is 98.6 cm³/mol. The quantitative estimate of drug-likeness (QED) is 0.786. The SMILES string of the molecule is O=C(NCc1ccccn1)c1ccnc(N2CCc3ccccc3C2)n1. The fourth-order valence-corrected chi connectivity index (χ4v) is 3.06. The monoisotopic (exact) mass is 345 g/mol. The van der Waals surface area contributed by atoms with Gasteiger partial charge in [0.2, 0.25) is 5.95 Å². The molecular formula is C20H19N5O. The van der Waals surface area contributed by atoms with E-state index in [-0.39, 0.29) is 5.91 Å². The third-order valence-corrected chi connectivity index (χ3v) is 4.45. The van der Waals surface area contributed by atoms with Crippen LogP contribution < -0.4 is 10.2 Å². The van der Waals surface area contributed by atoms with Gasteiger partial charge in [-0.15, -0.1) is 0 Å².